The highest BCUT2D eigenvalue weighted by atomic mass is 32.2. The molecule has 18 heteroatoms. The monoisotopic (exact) mass is 529 g/mol. The number of tetrazole rings is 1. The minimum Gasteiger partial charge on any atom is -0.390 e. The predicted octanol–water partition coefficient (Wildman–Crippen LogP) is -3.63. The van der Waals surface area contributed by atoms with Crippen LogP contribution in [-0.4, -0.2) is 92.9 Å². The van der Waals surface area contributed by atoms with Crippen molar-refractivity contribution in [1.82, 2.24) is 30.7 Å². The Kier molecular flexibility index (Phi) is 6.68. The van der Waals surface area contributed by atoms with Gasteiger partial charge >= 0.3 is 0 Å². The summed E-state index contributed by atoms with van der Waals surface area (Å²) in [6, 6.07) is 2.62. The predicted molar refractivity (Wildman–Crippen MR) is 125 cm³/mol. The number of aromatic amines is 1. The van der Waals surface area contributed by atoms with Crippen molar-refractivity contribution >= 4 is 31.7 Å². The highest BCUT2D eigenvalue weighted by Crippen LogP contribution is 2.40. The Hall–Kier alpha value is -2.90. The third kappa shape index (κ3) is 5.07. The van der Waals surface area contributed by atoms with E-state index >= 15 is 0 Å². The van der Waals surface area contributed by atoms with Crippen LogP contribution in [-0.2, 0) is 20.0 Å². The number of rotatable bonds is 8. The zero-order valence-corrected chi connectivity index (χ0v) is 20.2. The fourth-order valence-electron chi connectivity index (χ4n) is 4.21. The summed E-state index contributed by atoms with van der Waals surface area (Å²) in [4.78, 5) is 4.83. The number of sulfonamides is 2. The molecule has 35 heavy (non-hydrogen) atoms. The number of aromatic nitrogens is 4. The standard InChI is InChI=1S/C17H27N11O5S2/c18-7-10(29)8-22-35(32,33)12-2-1-11(13(14(12)34(20,30)31)15-24-26-27-25-15)28-5-3-17(4-6-28)9-21-16(19)23-17/h1-2,10,22,29H,3-9,18H2,(H3,19,21,23)(H2,20,30,31)(H,24,25,26,27). The molecule has 0 radical (unpaired) electrons. The molecular weight excluding hydrogens is 502 g/mol. The summed E-state index contributed by atoms with van der Waals surface area (Å²) in [7, 11) is -9.04. The van der Waals surface area contributed by atoms with Crippen LogP contribution in [0.5, 0.6) is 0 Å². The number of guanidine groups is 1. The summed E-state index contributed by atoms with van der Waals surface area (Å²) in [5.74, 6) is 0.235. The first-order valence-electron chi connectivity index (χ1n) is 10.6. The van der Waals surface area contributed by atoms with Gasteiger partial charge in [-0.25, -0.2) is 26.7 Å². The van der Waals surface area contributed by atoms with Gasteiger partial charge in [-0.05, 0) is 30.2 Å². The molecule has 2 aliphatic heterocycles. The number of aliphatic hydroxyl groups is 1. The minimum atomic E-state index is -4.61. The van der Waals surface area contributed by atoms with Crippen LogP contribution in [0, 0.1) is 0 Å². The van der Waals surface area contributed by atoms with Crippen LogP contribution in [0.3, 0.4) is 0 Å². The maximum Gasteiger partial charge on any atom is 0.242 e. The summed E-state index contributed by atoms with van der Waals surface area (Å²) in [5, 5.41) is 31.9. The largest absolute Gasteiger partial charge is 0.390 e. The molecule has 3 heterocycles. The Labute approximate surface area is 201 Å². The van der Waals surface area contributed by atoms with E-state index in [1.807, 2.05) is 4.90 Å². The third-order valence-electron chi connectivity index (χ3n) is 6.03. The average molecular weight is 530 g/mol. The molecule has 1 spiro atoms. The number of primary sulfonamides is 1. The maximum atomic E-state index is 13.0. The van der Waals surface area contributed by atoms with E-state index in [9.17, 15) is 21.9 Å². The summed E-state index contributed by atoms with van der Waals surface area (Å²) >= 11 is 0. The van der Waals surface area contributed by atoms with Crippen LogP contribution >= 0.6 is 0 Å². The maximum absolute atomic E-state index is 13.0. The minimum absolute atomic E-state index is 0.102. The molecule has 1 aromatic heterocycles. The second kappa shape index (κ2) is 9.28. The van der Waals surface area contributed by atoms with Gasteiger partial charge in [0.25, 0.3) is 0 Å². The molecule has 1 unspecified atom stereocenters. The van der Waals surface area contributed by atoms with Gasteiger partial charge in [0, 0.05) is 31.9 Å². The molecule has 0 amide bonds. The summed E-state index contributed by atoms with van der Waals surface area (Å²) in [6.45, 7) is 0.883. The van der Waals surface area contributed by atoms with Crippen molar-refractivity contribution in [2.24, 2.45) is 21.6 Å². The Balaban J connectivity index is 1.79. The topological polar surface area (TPSA) is 261 Å². The highest BCUT2D eigenvalue weighted by Gasteiger charge is 2.40. The van der Waals surface area contributed by atoms with E-state index in [1.54, 1.807) is 0 Å². The van der Waals surface area contributed by atoms with Crippen LogP contribution in [0.1, 0.15) is 12.8 Å². The molecule has 1 aromatic carbocycles. The highest BCUT2D eigenvalue weighted by molar-refractivity contribution is 7.92. The lowest BCUT2D eigenvalue weighted by Crippen LogP contribution is -2.55. The molecule has 2 aromatic rings. The quantitative estimate of drug-likeness (QED) is 0.175. The van der Waals surface area contributed by atoms with E-state index in [0.29, 0.717) is 44.1 Å². The number of anilines is 1. The van der Waals surface area contributed by atoms with Gasteiger partial charge in [0.2, 0.25) is 25.9 Å². The van der Waals surface area contributed by atoms with Crippen molar-refractivity contribution in [3.05, 3.63) is 12.1 Å². The van der Waals surface area contributed by atoms with Crippen molar-refractivity contribution in [3.63, 3.8) is 0 Å². The number of nitrogens with two attached hydrogens (primary N) is 3. The van der Waals surface area contributed by atoms with Gasteiger partial charge < -0.3 is 26.8 Å². The van der Waals surface area contributed by atoms with E-state index in [4.69, 9.17) is 16.6 Å². The number of aliphatic imine (C=N–C) groups is 1. The Bertz CT molecular complexity index is 1320. The Morgan fingerprint density at radius 3 is 2.49 bits per heavy atom. The van der Waals surface area contributed by atoms with Crippen LogP contribution in [0.2, 0.25) is 0 Å². The van der Waals surface area contributed by atoms with Crippen molar-refractivity contribution in [2.75, 3.05) is 37.6 Å². The molecule has 4 rings (SSSR count). The summed E-state index contributed by atoms with van der Waals surface area (Å²) < 4.78 is 53.7. The van der Waals surface area contributed by atoms with Crippen LogP contribution in [0.25, 0.3) is 11.4 Å². The number of hydrogen-bond donors (Lipinski definition) is 7. The van der Waals surface area contributed by atoms with Gasteiger partial charge in [0.05, 0.1) is 23.8 Å². The number of piperidine rings is 1. The Morgan fingerprint density at radius 2 is 1.94 bits per heavy atom. The molecule has 16 nitrogen and oxygen atoms in total. The van der Waals surface area contributed by atoms with Gasteiger partial charge in [-0.2, -0.15) is 5.21 Å². The van der Waals surface area contributed by atoms with Crippen LogP contribution in [0.15, 0.2) is 26.9 Å². The first kappa shape index (κ1) is 25.2. The molecule has 1 saturated heterocycles. The van der Waals surface area contributed by atoms with E-state index in [1.165, 1.54) is 6.07 Å². The van der Waals surface area contributed by atoms with Gasteiger partial charge in [-0.3, -0.25) is 4.99 Å². The lowest BCUT2D eigenvalue weighted by atomic mass is 9.88. The van der Waals surface area contributed by atoms with E-state index in [0.717, 1.165) is 6.07 Å². The zero-order chi connectivity index (χ0) is 25.4. The van der Waals surface area contributed by atoms with Gasteiger partial charge in [-0.1, -0.05) is 0 Å². The number of hydrogen-bond acceptors (Lipinski definition) is 13. The molecule has 192 valence electrons. The van der Waals surface area contributed by atoms with Crippen molar-refractivity contribution in [1.29, 1.82) is 0 Å². The molecular formula is C17H27N11O5S2. The van der Waals surface area contributed by atoms with E-state index in [2.05, 4.69) is 35.7 Å². The number of aliphatic hydroxyl groups excluding tert-OH is 1. The molecule has 0 bridgehead atoms. The molecule has 0 saturated carbocycles. The summed E-state index contributed by atoms with van der Waals surface area (Å²) in [6.07, 6.45) is 0.125. The zero-order valence-electron chi connectivity index (χ0n) is 18.5. The average Bonchev–Trinajstić information content (AvgIpc) is 3.47. The molecule has 1 fully saturated rings. The first-order valence-corrected chi connectivity index (χ1v) is 13.6. The molecule has 0 aliphatic carbocycles. The van der Waals surface area contributed by atoms with Crippen molar-refractivity contribution in [2.45, 2.75) is 34.3 Å². The second-order valence-corrected chi connectivity index (χ2v) is 11.6. The smallest absolute Gasteiger partial charge is 0.242 e. The fourth-order valence-corrected chi connectivity index (χ4v) is 6.87. The Morgan fingerprint density at radius 1 is 1.23 bits per heavy atom. The van der Waals surface area contributed by atoms with Gasteiger partial charge in [0.1, 0.15) is 9.79 Å². The SMILES string of the molecule is NCC(O)CNS(=O)(=O)c1ccc(N2CCC3(CC2)CN=C(N)N3)c(-c2nn[nH]n2)c1S(N)(=O)=O. The third-order valence-corrected chi connectivity index (χ3v) is 8.62. The number of benzene rings is 1. The molecule has 2 aliphatic rings. The fraction of sp³-hybridized carbons (Fsp3) is 0.529. The number of H-pyrrole nitrogens is 1. The number of nitrogens with zero attached hydrogens (tertiary/aromatic N) is 5. The van der Waals surface area contributed by atoms with E-state index in [-0.39, 0.29) is 23.5 Å². The van der Waals surface area contributed by atoms with Crippen LogP contribution in [0.4, 0.5) is 5.69 Å². The lowest BCUT2D eigenvalue weighted by molar-refractivity contribution is 0.186. The number of nitrogens with one attached hydrogen (secondary N) is 3. The van der Waals surface area contributed by atoms with Gasteiger partial charge in [-0.15, -0.1) is 10.2 Å². The van der Waals surface area contributed by atoms with E-state index < -0.39 is 42.5 Å². The normalized spacial score (nSPS) is 18.9. The second-order valence-electron chi connectivity index (χ2n) is 8.40. The molecule has 1 atom stereocenters. The van der Waals surface area contributed by atoms with Crippen molar-refractivity contribution in [3.8, 4) is 11.4 Å². The first-order chi connectivity index (χ1) is 16.5. The lowest BCUT2D eigenvalue weighted by Gasteiger charge is -2.40. The van der Waals surface area contributed by atoms with Gasteiger partial charge in [0.15, 0.2) is 5.96 Å². The molecule has 10 N–H and O–H groups in total. The van der Waals surface area contributed by atoms with Crippen LogP contribution < -0.4 is 31.5 Å². The summed E-state index contributed by atoms with van der Waals surface area (Å²) in [5.41, 5.74) is 11.1. The van der Waals surface area contributed by atoms with Crippen molar-refractivity contribution < 1.29 is 21.9 Å².